The van der Waals surface area contributed by atoms with E-state index >= 15 is 0 Å². The molecule has 0 aliphatic carbocycles. The Morgan fingerprint density at radius 1 is 1.10 bits per heavy atom. The first-order chi connectivity index (χ1) is 22.8. The number of thiazole rings is 1. The number of aromatic nitrogens is 1. The number of aliphatic hydroxyl groups is 1. The fraction of sp³-hybridized carbons (Fsp3) is 0.514. The molecule has 0 bridgehead atoms. The predicted molar refractivity (Wildman–Crippen MR) is 188 cm³/mol. The van der Waals surface area contributed by atoms with E-state index in [2.05, 4.69) is 15.6 Å². The second-order valence-electron chi connectivity index (χ2n) is 13.5. The summed E-state index contributed by atoms with van der Waals surface area (Å²) in [7, 11) is -3.96. The molecule has 13 heteroatoms. The van der Waals surface area contributed by atoms with Gasteiger partial charge in [-0.25, -0.2) is 18.2 Å². The fourth-order valence-corrected chi connectivity index (χ4v) is 8.79. The summed E-state index contributed by atoms with van der Waals surface area (Å²) < 4.78 is 29.4. The number of hydrogen-bond acceptors (Lipinski definition) is 8. The van der Waals surface area contributed by atoms with Gasteiger partial charge < -0.3 is 25.5 Å². The molecule has 0 saturated carbocycles. The van der Waals surface area contributed by atoms with E-state index in [0.29, 0.717) is 19.6 Å². The van der Waals surface area contributed by atoms with Crippen molar-refractivity contribution < 1.29 is 23.1 Å². The van der Waals surface area contributed by atoms with Crippen molar-refractivity contribution in [2.45, 2.75) is 77.1 Å². The van der Waals surface area contributed by atoms with E-state index < -0.39 is 28.2 Å². The normalized spacial score (nSPS) is 16.8. The number of sulfonamides is 1. The lowest BCUT2D eigenvalue weighted by Crippen LogP contribution is -2.57. The first kappa shape index (κ1) is 35.8. The van der Waals surface area contributed by atoms with E-state index in [-0.39, 0.29) is 48.2 Å². The Bertz CT molecular complexity index is 1680. The lowest BCUT2D eigenvalue weighted by Gasteiger charge is -2.34. The number of aliphatic hydroxyl groups excluding tert-OH is 1. The topological polar surface area (TPSA) is 135 Å². The zero-order chi connectivity index (χ0) is 34.6. The van der Waals surface area contributed by atoms with Gasteiger partial charge in [-0.1, -0.05) is 58.0 Å². The molecule has 2 aromatic carbocycles. The van der Waals surface area contributed by atoms with Crippen LogP contribution in [0.2, 0.25) is 0 Å². The van der Waals surface area contributed by atoms with Crippen molar-refractivity contribution in [2.75, 3.05) is 38.0 Å². The molecule has 3 atom stereocenters. The van der Waals surface area contributed by atoms with Crippen molar-refractivity contribution in [3.05, 3.63) is 75.7 Å². The number of amides is 3. The highest BCUT2D eigenvalue weighted by molar-refractivity contribution is 7.89. The Morgan fingerprint density at radius 3 is 2.52 bits per heavy atom. The van der Waals surface area contributed by atoms with Crippen LogP contribution in [0, 0.1) is 18.8 Å². The summed E-state index contributed by atoms with van der Waals surface area (Å²) >= 11 is 1.53. The molecule has 3 heterocycles. The quantitative estimate of drug-likeness (QED) is 0.218. The van der Waals surface area contributed by atoms with Gasteiger partial charge in [-0.15, -0.1) is 11.3 Å². The Balaban J connectivity index is 1.37. The number of carbonyl (C=O) groups excluding carboxylic acids is 2. The second-order valence-corrected chi connectivity index (χ2v) is 16.5. The van der Waals surface area contributed by atoms with Crippen LogP contribution in [0.1, 0.15) is 49.5 Å². The summed E-state index contributed by atoms with van der Waals surface area (Å²) in [4.78, 5) is 35.6. The van der Waals surface area contributed by atoms with Gasteiger partial charge in [0.15, 0.2) is 0 Å². The Labute approximate surface area is 288 Å². The minimum absolute atomic E-state index is 0.00660. The number of nitrogens with one attached hydrogen (secondary N) is 2. The largest absolute Gasteiger partial charge is 0.390 e. The number of aryl methyl sites for hydroxylation is 1. The van der Waals surface area contributed by atoms with Crippen molar-refractivity contribution >= 4 is 39.0 Å². The average Bonchev–Trinajstić information content (AvgIpc) is 3.77. The van der Waals surface area contributed by atoms with Gasteiger partial charge in [0.05, 0.1) is 34.3 Å². The van der Waals surface area contributed by atoms with Gasteiger partial charge in [0.25, 0.3) is 0 Å². The molecule has 5 rings (SSSR count). The maximum Gasteiger partial charge on any atom is 0.321 e. The monoisotopic (exact) mass is 696 g/mol. The number of fused-ring (bicyclic) bond motifs is 1. The minimum atomic E-state index is -3.96. The number of hydrogen-bond donors (Lipinski definition) is 3. The third kappa shape index (κ3) is 8.36. The number of urea groups is 1. The molecular formula is C35H48N6O5S2. The van der Waals surface area contributed by atoms with Crippen LogP contribution < -0.4 is 10.6 Å². The van der Waals surface area contributed by atoms with Gasteiger partial charge in [0.2, 0.25) is 15.9 Å². The third-order valence-corrected chi connectivity index (χ3v) is 11.5. The Kier molecular flexibility index (Phi) is 11.4. The van der Waals surface area contributed by atoms with Crippen molar-refractivity contribution in [3.8, 4) is 0 Å². The van der Waals surface area contributed by atoms with Crippen LogP contribution in [0.25, 0.3) is 0 Å². The molecule has 0 spiro atoms. The van der Waals surface area contributed by atoms with E-state index in [4.69, 9.17) is 0 Å². The highest BCUT2D eigenvalue weighted by Crippen LogP contribution is 2.28. The van der Waals surface area contributed by atoms with E-state index in [0.717, 1.165) is 40.5 Å². The lowest BCUT2D eigenvalue weighted by atomic mass is 9.97. The van der Waals surface area contributed by atoms with E-state index in [1.54, 1.807) is 28.0 Å². The average molecular weight is 697 g/mol. The SMILES string of the molecule is Cc1nc(CN2CCN(C(C(=O)N[C@@H](Cc3ccccc3)[C@H](O)CN(CC(C)C)S(=O)(=O)c3ccc4c(c3)CCN4)C(C)C)C2=O)cs1. The van der Waals surface area contributed by atoms with E-state index in [1.165, 1.54) is 15.6 Å². The second kappa shape index (κ2) is 15.4. The zero-order valence-electron chi connectivity index (χ0n) is 28.4. The number of anilines is 1. The molecule has 2 aliphatic heterocycles. The first-order valence-electron chi connectivity index (χ1n) is 16.7. The minimum Gasteiger partial charge on any atom is -0.390 e. The zero-order valence-corrected chi connectivity index (χ0v) is 30.1. The van der Waals surface area contributed by atoms with Crippen LogP contribution in [0.5, 0.6) is 0 Å². The van der Waals surface area contributed by atoms with Crippen molar-refractivity contribution in [3.63, 3.8) is 0 Å². The van der Waals surface area contributed by atoms with Crippen LogP contribution in [0.15, 0.2) is 58.8 Å². The molecule has 260 valence electrons. The van der Waals surface area contributed by atoms with Gasteiger partial charge in [0.1, 0.15) is 6.04 Å². The molecule has 48 heavy (non-hydrogen) atoms. The van der Waals surface area contributed by atoms with Crippen LogP contribution in [0.4, 0.5) is 10.5 Å². The van der Waals surface area contributed by atoms with Gasteiger partial charge in [-0.3, -0.25) is 4.79 Å². The molecule has 1 unspecified atom stereocenters. The molecule has 1 saturated heterocycles. The number of nitrogens with zero attached hydrogens (tertiary/aromatic N) is 4. The van der Waals surface area contributed by atoms with Crippen LogP contribution in [-0.4, -0.2) is 95.5 Å². The predicted octanol–water partition coefficient (Wildman–Crippen LogP) is 4.12. The maximum absolute atomic E-state index is 14.1. The van der Waals surface area contributed by atoms with Crippen molar-refractivity contribution in [1.29, 1.82) is 0 Å². The molecule has 3 N–H and O–H groups in total. The fourth-order valence-electron chi connectivity index (χ4n) is 6.51. The Hall–Kier alpha value is -3.52. The third-order valence-electron chi connectivity index (χ3n) is 8.86. The molecule has 0 radical (unpaired) electrons. The van der Waals surface area contributed by atoms with Crippen LogP contribution in [-0.2, 0) is 34.2 Å². The maximum atomic E-state index is 14.1. The van der Waals surface area contributed by atoms with E-state index in [9.17, 15) is 23.1 Å². The molecule has 3 aromatic rings. The summed E-state index contributed by atoms with van der Waals surface area (Å²) in [6, 6.07) is 12.8. The summed E-state index contributed by atoms with van der Waals surface area (Å²) in [5.74, 6) is -0.598. The summed E-state index contributed by atoms with van der Waals surface area (Å²) in [5.41, 5.74) is 3.59. The van der Waals surface area contributed by atoms with Crippen LogP contribution in [0.3, 0.4) is 0 Å². The highest BCUT2D eigenvalue weighted by Gasteiger charge is 2.40. The summed E-state index contributed by atoms with van der Waals surface area (Å²) in [6.45, 7) is 11.6. The standard InChI is InChI=1S/C35H48N6O5S2/c1-23(2)19-40(48(45,46)29-11-12-30-27(18-29)13-14-36-30)21-32(42)31(17-26-9-7-6-8-10-26)38-34(43)33(24(3)4)41-16-15-39(35(41)44)20-28-22-47-25(5)37-28/h6-12,18,22-24,31-33,36,42H,13-17,19-21H2,1-5H3,(H,38,43)/t31-,32+,33?/m0/s1. The molecular weight excluding hydrogens is 649 g/mol. The van der Waals surface area contributed by atoms with Gasteiger partial charge in [-0.05, 0) is 60.9 Å². The summed E-state index contributed by atoms with van der Waals surface area (Å²) in [6.07, 6.45) is -0.206. The highest BCUT2D eigenvalue weighted by atomic mass is 32.2. The van der Waals surface area contributed by atoms with Crippen LogP contribution >= 0.6 is 11.3 Å². The first-order valence-corrected chi connectivity index (χ1v) is 19.0. The number of carbonyl (C=O) groups is 2. The lowest BCUT2D eigenvalue weighted by molar-refractivity contribution is -0.128. The summed E-state index contributed by atoms with van der Waals surface area (Å²) in [5, 5.41) is 21.0. The molecule has 1 fully saturated rings. The molecule has 1 aromatic heterocycles. The van der Waals surface area contributed by atoms with E-state index in [1.807, 2.05) is 70.3 Å². The van der Waals surface area contributed by atoms with Gasteiger partial charge in [-0.2, -0.15) is 4.31 Å². The number of rotatable bonds is 15. The Morgan fingerprint density at radius 2 is 1.85 bits per heavy atom. The van der Waals surface area contributed by atoms with Crippen molar-refractivity contribution in [1.82, 2.24) is 24.4 Å². The van der Waals surface area contributed by atoms with Crippen molar-refractivity contribution in [2.24, 2.45) is 11.8 Å². The number of benzene rings is 2. The van der Waals surface area contributed by atoms with Gasteiger partial charge >= 0.3 is 6.03 Å². The molecule has 11 nitrogen and oxygen atoms in total. The molecule has 3 amide bonds. The smallest absolute Gasteiger partial charge is 0.321 e. The van der Waals surface area contributed by atoms with Gasteiger partial charge in [0, 0.05) is 43.8 Å². The molecule has 2 aliphatic rings.